The number of para-hydroxylation sites is 1. The number of carbonyl (C=O) groups excluding carboxylic acids is 3. The van der Waals surface area contributed by atoms with Gasteiger partial charge in [0.05, 0.1) is 10.9 Å². The van der Waals surface area contributed by atoms with Crippen LogP contribution in [0.15, 0.2) is 132 Å². The van der Waals surface area contributed by atoms with E-state index in [-0.39, 0.29) is 17.3 Å². The lowest BCUT2D eigenvalue weighted by Gasteiger charge is -2.14. The number of amides is 3. The molecule has 214 valence electrons. The first-order valence-corrected chi connectivity index (χ1v) is 14.4. The van der Waals surface area contributed by atoms with Gasteiger partial charge in [-0.1, -0.05) is 72.8 Å². The van der Waals surface area contributed by atoms with Crippen molar-refractivity contribution in [1.82, 2.24) is 5.32 Å². The van der Waals surface area contributed by atoms with Gasteiger partial charge in [0.1, 0.15) is 11.5 Å². The Bertz CT molecular complexity index is 1800. The molecule has 1 unspecified atom stereocenters. The standard InChI is InChI=1S/C35H28FN3O3S/c1-23(33(40)38-31-17-8-7-16-30(31)36)43-28-20-18-27(19-21-28)37-35(42)32(39-34(41)25-11-3-2-4-12-25)22-26-14-9-13-24-10-5-6-15-29(24)26/h2-23H,1H3,(H,37,42)(H,38,40)(H,39,41)/b32-22-. The molecule has 0 bridgehead atoms. The third kappa shape index (κ3) is 7.55. The highest BCUT2D eigenvalue weighted by molar-refractivity contribution is 8.00. The summed E-state index contributed by atoms with van der Waals surface area (Å²) in [6.07, 6.45) is 1.67. The van der Waals surface area contributed by atoms with Crippen molar-refractivity contribution in [3.05, 3.63) is 144 Å². The molecule has 0 aliphatic rings. The number of nitrogens with one attached hydrogen (secondary N) is 3. The Morgan fingerprint density at radius 3 is 2.19 bits per heavy atom. The monoisotopic (exact) mass is 589 g/mol. The molecule has 0 heterocycles. The van der Waals surface area contributed by atoms with Gasteiger partial charge in [-0.15, -0.1) is 11.8 Å². The predicted octanol–water partition coefficient (Wildman–Crippen LogP) is 7.51. The van der Waals surface area contributed by atoms with Gasteiger partial charge in [-0.25, -0.2) is 4.39 Å². The summed E-state index contributed by atoms with van der Waals surface area (Å²) >= 11 is 1.30. The fourth-order valence-corrected chi connectivity index (χ4v) is 5.21. The Balaban J connectivity index is 1.31. The van der Waals surface area contributed by atoms with E-state index in [0.717, 1.165) is 21.2 Å². The molecule has 0 aromatic heterocycles. The minimum Gasteiger partial charge on any atom is -0.323 e. The number of hydrogen-bond acceptors (Lipinski definition) is 4. The summed E-state index contributed by atoms with van der Waals surface area (Å²) in [6.45, 7) is 1.73. The van der Waals surface area contributed by atoms with Crippen LogP contribution in [0.5, 0.6) is 0 Å². The van der Waals surface area contributed by atoms with Gasteiger partial charge in [-0.05, 0) is 77.9 Å². The van der Waals surface area contributed by atoms with E-state index >= 15 is 0 Å². The lowest BCUT2D eigenvalue weighted by Crippen LogP contribution is -2.30. The topological polar surface area (TPSA) is 87.3 Å². The first-order chi connectivity index (χ1) is 20.9. The van der Waals surface area contributed by atoms with Crippen molar-refractivity contribution in [3.63, 3.8) is 0 Å². The summed E-state index contributed by atoms with van der Waals surface area (Å²) in [5.74, 6) is -1.72. The minimum atomic E-state index is -0.498. The summed E-state index contributed by atoms with van der Waals surface area (Å²) in [6, 6.07) is 35.3. The molecule has 0 fully saturated rings. The number of halogens is 1. The number of anilines is 2. The Kier molecular flexibility index (Phi) is 9.29. The van der Waals surface area contributed by atoms with E-state index in [1.807, 2.05) is 48.5 Å². The normalized spacial score (nSPS) is 11.9. The highest BCUT2D eigenvalue weighted by Crippen LogP contribution is 2.27. The van der Waals surface area contributed by atoms with Gasteiger partial charge in [0, 0.05) is 16.1 Å². The van der Waals surface area contributed by atoms with E-state index in [2.05, 4.69) is 16.0 Å². The Morgan fingerprint density at radius 1 is 0.744 bits per heavy atom. The summed E-state index contributed by atoms with van der Waals surface area (Å²) in [4.78, 5) is 39.9. The molecule has 0 saturated heterocycles. The van der Waals surface area contributed by atoms with Crippen molar-refractivity contribution in [1.29, 1.82) is 0 Å². The van der Waals surface area contributed by atoms with Gasteiger partial charge >= 0.3 is 0 Å². The van der Waals surface area contributed by atoms with Crippen LogP contribution >= 0.6 is 11.8 Å². The zero-order valence-corrected chi connectivity index (χ0v) is 24.0. The molecule has 5 aromatic carbocycles. The molecule has 0 aliphatic carbocycles. The molecule has 6 nitrogen and oxygen atoms in total. The van der Waals surface area contributed by atoms with Crippen LogP contribution in [0.3, 0.4) is 0 Å². The fraction of sp³-hybridized carbons (Fsp3) is 0.0571. The molecular formula is C35H28FN3O3S. The minimum absolute atomic E-state index is 0.0853. The summed E-state index contributed by atoms with van der Waals surface area (Å²) in [5, 5.41) is 9.69. The second-order valence-corrected chi connectivity index (χ2v) is 11.1. The SMILES string of the molecule is CC(Sc1ccc(NC(=O)/C(=C/c2cccc3ccccc23)NC(=O)c2ccccc2)cc1)C(=O)Nc1ccccc1F. The third-order valence-electron chi connectivity index (χ3n) is 6.58. The average molecular weight is 590 g/mol. The lowest BCUT2D eigenvalue weighted by atomic mass is 10.0. The largest absolute Gasteiger partial charge is 0.323 e. The number of carbonyl (C=O) groups is 3. The average Bonchev–Trinajstić information content (AvgIpc) is 3.03. The summed E-state index contributed by atoms with van der Waals surface area (Å²) in [5.41, 5.74) is 1.93. The lowest BCUT2D eigenvalue weighted by molar-refractivity contribution is -0.115. The molecule has 3 N–H and O–H groups in total. The van der Waals surface area contributed by atoms with Gasteiger partial charge in [0.15, 0.2) is 0 Å². The van der Waals surface area contributed by atoms with Crippen molar-refractivity contribution >= 4 is 57.7 Å². The molecule has 0 saturated carbocycles. The zero-order chi connectivity index (χ0) is 30.2. The molecule has 5 rings (SSSR count). The second kappa shape index (κ2) is 13.6. The van der Waals surface area contributed by atoms with E-state index in [0.29, 0.717) is 11.3 Å². The molecule has 1 atom stereocenters. The van der Waals surface area contributed by atoms with E-state index in [1.54, 1.807) is 73.7 Å². The fourth-order valence-electron chi connectivity index (χ4n) is 4.34. The maximum Gasteiger partial charge on any atom is 0.272 e. The van der Waals surface area contributed by atoms with Crippen LogP contribution < -0.4 is 16.0 Å². The van der Waals surface area contributed by atoms with Gasteiger partial charge < -0.3 is 16.0 Å². The predicted molar refractivity (Wildman–Crippen MR) is 171 cm³/mol. The van der Waals surface area contributed by atoms with E-state index < -0.39 is 22.9 Å². The van der Waals surface area contributed by atoms with Crippen LogP contribution in [0.4, 0.5) is 15.8 Å². The zero-order valence-electron chi connectivity index (χ0n) is 23.2. The Labute approximate surface area is 253 Å². The molecule has 43 heavy (non-hydrogen) atoms. The third-order valence-corrected chi connectivity index (χ3v) is 7.69. The van der Waals surface area contributed by atoms with Crippen molar-refractivity contribution < 1.29 is 18.8 Å². The quantitative estimate of drug-likeness (QED) is 0.123. The smallest absolute Gasteiger partial charge is 0.272 e. The number of thioether (sulfide) groups is 1. The van der Waals surface area contributed by atoms with Crippen molar-refractivity contribution in [2.24, 2.45) is 0 Å². The number of fused-ring (bicyclic) bond motifs is 1. The highest BCUT2D eigenvalue weighted by Gasteiger charge is 2.18. The summed E-state index contributed by atoms with van der Waals surface area (Å²) < 4.78 is 13.9. The van der Waals surface area contributed by atoms with Crippen molar-refractivity contribution in [3.8, 4) is 0 Å². The Hall–Kier alpha value is -5.21. The van der Waals surface area contributed by atoms with E-state index in [1.165, 1.54) is 23.9 Å². The number of hydrogen-bond donors (Lipinski definition) is 3. The first kappa shape index (κ1) is 29.3. The molecular weight excluding hydrogens is 561 g/mol. The molecule has 0 spiro atoms. The molecule has 8 heteroatoms. The van der Waals surface area contributed by atoms with Crippen LogP contribution in [0, 0.1) is 5.82 Å². The van der Waals surface area contributed by atoms with Crippen LogP contribution in [0.2, 0.25) is 0 Å². The van der Waals surface area contributed by atoms with E-state index in [9.17, 15) is 18.8 Å². The summed E-state index contributed by atoms with van der Waals surface area (Å²) in [7, 11) is 0. The van der Waals surface area contributed by atoms with Crippen LogP contribution in [0.25, 0.3) is 16.8 Å². The molecule has 0 aliphatic heterocycles. The van der Waals surface area contributed by atoms with Gasteiger partial charge in [0.2, 0.25) is 5.91 Å². The first-order valence-electron chi connectivity index (χ1n) is 13.6. The van der Waals surface area contributed by atoms with Crippen LogP contribution in [-0.2, 0) is 9.59 Å². The molecule has 3 amide bonds. The van der Waals surface area contributed by atoms with Gasteiger partial charge in [-0.2, -0.15) is 0 Å². The number of benzene rings is 5. The van der Waals surface area contributed by atoms with Crippen LogP contribution in [0.1, 0.15) is 22.8 Å². The second-order valence-electron chi connectivity index (χ2n) is 9.65. The molecule has 0 radical (unpaired) electrons. The van der Waals surface area contributed by atoms with E-state index in [4.69, 9.17) is 0 Å². The van der Waals surface area contributed by atoms with Crippen LogP contribution in [-0.4, -0.2) is 23.0 Å². The maximum absolute atomic E-state index is 13.9. The van der Waals surface area contributed by atoms with Gasteiger partial charge in [-0.3, -0.25) is 14.4 Å². The van der Waals surface area contributed by atoms with Gasteiger partial charge in [0.25, 0.3) is 11.8 Å². The maximum atomic E-state index is 13.9. The van der Waals surface area contributed by atoms with Crippen molar-refractivity contribution in [2.45, 2.75) is 17.1 Å². The molecule has 5 aromatic rings. The highest BCUT2D eigenvalue weighted by atomic mass is 32.2. The van der Waals surface area contributed by atoms with Crippen molar-refractivity contribution in [2.75, 3.05) is 10.6 Å². The Morgan fingerprint density at radius 2 is 1.42 bits per heavy atom. The number of rotatable bonds is 9.